The van der Waals surface area contributed by atoms with E-state index in [1.165, 1.54) is 23.1 Å². The summed E-state index contributed by atoms with van der Waals surface area (Å²) in [7, 11) is 0. The van der Waals surface area contributed by atoms with E-state index in [9.17, 15) is 14.0 Å². The number of nitrogens with zero attached hydrogens (tertiary/aromatic N) is 1. The van der Waals surface area contributed by atoms with Crippen molar-refractivity contribution in [3.63, 3.8) is 0 Å². The predicted octanol–water partition coefficient (Wildman–Crippen LogP) is 1.20. The second kappa shape index (κ2) is 4.40. The van der Waals surface area contributed by atoms with Gasteiger partial charge in [-0.1, -0.05) is 12.1 Å². The van der Waals surface area contributed by atoms with Gasteiger partial charge in [0.25, 0.3) is 0 Å². The molecule has 1 atom stereocenters. The number of rotatable bonds is 3. The van der Waals surface area contributed by atoms with Crippen LogP contribution in [0.4, 0.5) is 14.9 Å². The zero-order valence-corrected chi connectivity index (χ0v) is 8.89. The molecule has 17 heavy (non-hydrogen) atoms. The number of para-hydroxylation sites is 1. The molecule has 2 N–H and O–H groups in total. The Labute approximate surface area is 96.8 Å². The predicted molar refractivity (Wildman–Crippen MR) is 58.3 cm³/mol. The first-order valence-corrected chi connectivity index (χ1v) is 5.12. The molecule has 1 saturated heterocycles. The van der Waals surface area contributed by atoms with Crippen molar-refractivity contribution in [3.05, 3.63) is 30.1 Å². The third kappa shape index (κ3) is 2.35. The average Bonchev–Trinajstić information content (AvgIpc) is 2.59. The third-order valence-corrected chi connectivity index (χ3v) is 2.54. The highest BCUT2D eigenvalue weighted by Gasteiger charge is 2.32. The number of amides is 2. The van der Waals surface area contributed by atoms with E-state index < -0.39 is 23.9 Å². The van der Waals surface area contributed by atoms with Crippen LogP contribution in [0.2, 0.25) is 0 Å². The first-order chi connectivity index (χ1) is 8.08. The van der Waals surface area contributed by atoms with Crippen molar-refractivity contribution < 1.29 is 19.1 Å². The first kappa shape index (κ1) is 11.4. The molecular formula is C11H11FN2O3. The van der Waals surface area contributed by atoms with E-state index in [1.54, 1.807) is 6.07 Å². The molecule has 1 aliphatic rings. The number of carbonyl (C=O) groups excluding carboxylic acids is 1. The van der Waals surface area contributed by atoms with Crippen molar-refractivity contribution in [2.45, 2.75) is 12.5 Å². The van der Waals surface area contributed by atoms with Gasteiger partial charge in [0.05, 0.1) is 18.2 Å². The molecule has 1 fully saturated rings. The maximum absolute atomic E-state index is 13.5. The Hall–Kier alpha value is -2.11. The van der Waals surface area contributed by atoms with Crippen LogP contribution in [-0.2, 0) is 4.79 Å². The number of carbonyl (C=O) groups is 2. The quantitative estimate of drug-likeness (QED) is 0.831. The molecular weight excluding hydrogens is 227 g/mol. The van der Waals surface area contributed by atoms with Gasteiger partial charge in [-0.2, -0.15) is 0 Å². The van der Waals surface area contributed by atoms with Crippen molar-refractivity contribution in [1.29, 1.82) is 0 Å². The number of hydrogen-bond donors (Lipinski definition) is 2. The molecule has 0 bridgehead atoms. The highest BCUT2D eigenvalue weighted by Crippen LogP contribution is 2.22. The van der Waals surface area contributed by atoms with Gasteiger partial charge in [0.2, 0.25) is 0 Å². The van der Waals surface area contributed by atoms with E-state index in [-0.39, 0.29) is 18.7 Å². The minimum absolute atomic E-state index is 0.159. The maximum Gasteiger partial charge on any atom is 0.322 e. The number of halogens is 1. The van der Waals surface area contributed by atoms with Gasteiger partial charge in [-0.05, 0) is 12.1 Å². The van der Waals surface area contributed by atoms with Crippen LogP contribution < -0.4 is 10.2 Å². The number of urea groups is 1. The maximum atomic E-state index is 13.5. The van der Waals surface area contributed by atoms with Gasteiger partial charge in [0.15, 0.2) is 0 Å². The molecule has 0 aromatic heterocycles. The minimum atomic E-state index is -0.995. The molecule has 0 saturated carbocycles. The van der Waals surface area contributed by atoms with Crippen LogP contribution >= 0.6 is 0 Å². The Morgan fingerprint density at radius 3 is 2.88 bits per heavy atom. The standard InChI is InChI=1S/C11H11FN2O3/c12-8-3-1-2-4-9(8)14-6-7(5-10(15)16)13-11(14)17/h1-4,7H,5-6H2,(H,13,17)(H,15,16). The summed E-state index contributed by atoms with van der Waals surface area (Å²) < 4.78 is 13.5. The number of hydrogen-bond acceptors (Lipinski definition) is 2. The largest absolute Gasteiger partial charge is 0.481 e. The summed E-state index contributed by atoms with van der Waals surface area (Å²) in [5.41, 5.74) is 0.165. The van der Waals surface area contributed by atoms with Crippen LogP contribution in [0.15, 0.2) is 24.3 Å². The summed E-state index contributed by atoms with van der Waals surface area (Å²) in [4.78, 5) is 23.3. The number of nitrogens with one attached hydrogen (secondary N) is 1. The lowest BCUT2D eigenvalue weighted by Crippen LogP contribution is -2.29. The van der Waals surface area contributed by atoms with E-state index >= 15 is 0 Å². The summed E-state index contributed by atoms with van der Waals surface area (Å²) in [6.07, 6.45) is -0.170. The topological polar surface area (TPSA) is 69.6 Å². The molecule has 0 aliphatic carbocycles. The Balaban J connectivity index is 2.16. The van der Waals surface area contributed by atoms with Gasteiger partial charge >= 0.3 is 12.0 Å². The van der Waals surface area contributed by atoms with Gasteiger partial charge in [0, 0.05) is 6.54 Å². The highest BCUT2D eigenvalue weighted by molar-refractivity contribution is 5.95. The number of aliphatic carboxylic acids is 1. The van der Waals surface area contributed by atoms with Gasteiger partial charge in [-0.25, -0.2) is 9.18 Å². The molecule has 90 valence electrons. The van der Waals surface area contributed by atoms with Crippen molar-refractivity contribution in [2.75, 3.05) is 11.4 Å². The molecule has 1 aromatic carbocycles. The van der Waals surface area contributed by atoms with Crippen LogP contribution in [0.25, 0.3) is 0 Å². The second-order valence-electron chi connectivity index (χ2n) is 3.81. The third-order valence-electron chi connectivity index (χ3n) is 2.54. The molecule has 1 aliphatic heterocycles. The van der Waals surface area contributed by atoms with Crippen LogP contribution in [0.1, 0.15) is 6.42 Å². The Kier molecular flexibility index (Phi) is 2.95. The summed E-state index contributed by atoms with van der Waals surface area (Å²) in [6.45, 7) is 0.159. The number of carboxylic acids is 1. The molecule has 0 radical (unpaired) electrons. The van der Waals surface area contributed by atoms with Crippen molar-refractivity contribution in [3.8, 4) is 0 Å². The monoisotopic (exact) mass is 238 g/mol. The second-order valence-corrected chi connectivity index (χ2v) is 3.81. The summed E-state index contributed by atoms with van der Waals surface area (Å²) in [5.74, 6) is -1.50. The minimum Gasteiger partial charge on any atom is -0.481 e. The SMILES string of the molecule is O=C(O)CC1CN(c2ccccc2F)C(=O)N1. The fourth-order valence-corrected chi connectivity index (χ4v) is 1.81. The lowest BCUT2D eigenvalue weighted by atomic mass is 10.2. The van der Waals surface area contributed by atoms with Gasteiger partial charge in [-0.3, -0.25) is 9.69 Å². The van der Waals surface area contributed by atoms with E-state index in [2.05, 4.69) is 5.32 Å². The normalized spacial score (nSPS) is 19.2. The lowest BCUT2D eigenvalue weighted by molar-refractivity contribution is -0.137. The van der Waals surface area contributed by atoms with Crippen molar-refractivity contribution in [2.24, 2.45) is 0 Å². The van der Waals surface area contributed by atoms with E-state index in [0.717, 1.165) is 0 Å². The molecule has 1 unspecified atom stereocenters. The van der Waals surface area contributed by atoms with Gasteiger partial charge in [0.1, 0.15) is 5.82 Å². The molecule has 2 rings (SSSR count). The molecule has 1 heterocycles. The fourth-order valence-electron chi connectivity index (χ4n) is 1.81. The van der Waals surface area contributed by atoms with E-state index in [1.807, 2.05) is 0 Å². The number of anilines is 1. The van der Waals surface area contributed by atoms with Gasteiger partial charge in [-0.15, -0.1) is 0 Å². The zero-order chi connectivity index (χ0) is 12.4. The molecule has 2 amide bonds. The Bertz CT molecular complexity index is 464. The van der Waals surface area contributed by atoms with Gasteiger partial charge < -0.3 is 10.4 Å². The van der Waals surface area contributed by atoms with Crippen molar-refractivity contribution in [1.82, 2.24) is 5.32 Å². The number of carboxylic acid groups (broad SMARTS) is 1. The molecule has 5 nitrogen and oxygen atoms in total. The van der Waals surface area contributed by atoms with E-state index in [0.29, 0.717) is 0 Å². The van der Waals surface area contributed by atoms with E-state index in [4.69, 9.17) is 5.11 Å². The Morgan fingerprint density at radius 1 is 1.53 bits per heavy atom. The fraction of sp³-hybridized carbons (Fsp3) is 0.273. The van der Waals surface area contributed by atoms with Crippen LogP contribution in [0, 0.1) is 5.82 Å². The summed E-state index contributed by atoms with van der Waals surface area (Å²) in [5, 5.41) is 11.1. The van der Waals surface area contributed by atoms with Crippen LogP contribution in [0.3, 0.4) is 0 Å². The lowest BCUT2D eigenvalue weighted by Gasteiger charge is -2.14. The number of benzene rings is 1. The highest BCUT2D eigenvalue weighted by atomic mass is 19.1. The molecule has 6 heteroatoms. The summed E-state index contributed by atoms with van der Waals surface area (Å²) in [6, 6.07) is 4.93. The van der Waals surface area contributed by atoms with Crippen LogP contribution in [0.5, 0.6) is 0 Å². The molecule has 0 spiro atoms. The zero-order valence-electron chi connectivity index (χ0n) is 8.89. The smallest absolute Gasteiger partial charge is 0.322 e. The van der Waals surface area contributed by atoms with Crippen molar-refractivity contribution >= 4 is 17.7 Å². The Morgan fingerprint density at radius 2 is 2.24 bits per heavy atom. The first-order valence-electron chi connectivity index (χ1n) is 5.12. The molecule has 1 aromatic rings. The average molecular weight is 238 g/mol. The van der Waals surface area contributed by atoms with Crippen LogP contribution in [-0.4, -0.2) is 29.7 Å². The summed E-state index contributed by atoms with van der Waals surface area (Å²) >= 11 is 0.